The van der Waals surface area contributed by atoms with Gasteiger partial charge in [0.1, 0.15) is 5.84 Å². The van der Waals surface area contributed by atoms with Crippen molar-refractivity contribution < 1.29 is 14.7 Å². The van der Waals surface area contributed by atoms with Gasteiger partial charge in [-0.15, -0.1) is 0 Å². The summed E-state index contributed by atoms with van der Waals surface area (Å²) in [7, 11) is 0. The standard InChI is InChI=1S/C9H19N3O3/c1-2-15-7-5-9(13)11-6-3-4-8(10)12-14/h14H,2-7H2,1H3,(H2,10,12)(H,11,13). The van der Waals surface area contributed by atoms with Crippen molar-refractivity contribution in [3.63, 3.8) is 0 Å². The third kappa shape index (κ3) is 9.01. The lowest BCUT2D eigenvalue weighted by Crippen LogP contribution is -2.26. The minimum absolute atomic E-state index is 0.0389. The maximum absolute atomic E-state index is 11.1. The minimum atomic E-state index is -0.0389. The summed E-state index contributed by atoms with van der Waals surface area (Å²) in [6.07, 6.45) is 1.51. The van der Waals surface area contributed by atoms with E-state index in [1.165, 1.54) is 0 Å². The molecule has 88 valence electrons. The highest BCUT2D eigenvalue weighted by atomic mass is 16.5. The number of ether oxygens (including phenoxy) is 1. The Kier molecular flexibility index (Phi) is 8.46. The lowest BCUT2D eigenvalue weighted by Gasteiger charge is -2.04. The van der Waals surface area contributed by atoms with E-state index in [9.17, 15) is 4.79 Å². The average Bonchev–Trinajstić information content (AvgIpc) is 2.24. The fourth-order valence-corrected chi connectivity index (χ4v) is 0.945. The van der Waals surface area contributed by atoms with Crippen LogP contribution in [-0.4, -0.2) is 36.7 Å². The van der Waals surface area contributed by atoms with E-state index in [1.54, 1.807) is 0 Å². The maximum Gasteiger partial charge on any atom is 0.222 e. The Morgan fingerprint density at radius 2 is 2.27 bits per heavy atom. The zero-order chi connectivity index (χ0) is 11.5. The summed E-state index contributed by atoms with van der Waals surface area (Å²) >= 11 is 0. The zero-order valence-electron chi connectivity index (χ0n) is 9.03. The number of nitrogens with one attached hydrogen (secondary N) is 1. The SMILES string of the molecule is CCOCCC(=O)NCCCC(N)=NO. The van der Waals surface area contributed by atoms with Crippen molar-refractivity contribution in [1.82, 2.24) is 5.32 Å². The third-order valence-electron chi connectivity index (χ3n) is 1.74. The summed E-state index contributed by atoms with van der Waals surface area (Å²) in [6.45, 7) is 3.48. The topological polar surface area (TPSA) is 96.9 Å². The molecule has 0 heterocycles. The summed E-state index contributed by atoms with van der Waals surface area (Å²) in [4.78, 5) is 11.1. The van der Waals surface area contributed by atoms with Gasteiger partial charge in [0.2, 0.25) is 5.91 Å². The number of amides is 1. The number of hydrogen-bond acceptors (Lipinski definition) is 4. The van der Waals surface area contributed by atoms with Crippen LogP contribution in [-0.2, 0) is 9.53 Å². The average molecular weight is 217 g/mol. The highest BCUT2D eigenvalue weighted by molar-refractivity contribution is 5.79. The molecule has 6 heteroatoms. The molecule has 0 saturated carbocycles. The lowest BCUT2D eigenvalue weighted by atomic mass is 10.3. The maximum atomic E-state index is 11.1. The summed E-state index contributed by atoms with van der Waals surface area (Å²) in [5, 5.41) is 13.8. The first-order valence-corrected chi connectivity index (χ1v) is 5.01. The van der Waals surface area contributed by atoms with Gasteiger partial charge in [0.15, 0.2) is 0 Å². The molecule has 0 aromatic carbocycles. The number of amidine groups is 1. The summed E-state index contributed by atoms with van der Waals surface area (Å²) in [5.74, 6) is 0.140. The van der Waals surface area contributed by atoms with E-state index in [0.29, 0.717) is 39.0 Å². The van der Waals surface area contributed by atoms with Crippen molar-refractivity contribution in [3.8, 4) is 0 Å². The van der Waals surface area contributed by atoms with Gasteiger partial charge in [-0.3, -0.25) is 4.79 Å². The lowest BCUT2D eigenvalue weighted by molar-refractivity contribution is -0.122. The van der Waals surface area contributed by atoms with E-state index < -0.39 is 0 Å². The van der Waals surface area contributed by atoms with Crippen LogP contribution in [0.25, 0.3) is 0 Å². The molecule has 6 nitrogen and oxygen atoms in total. The van der Waals surface area contributed by atoms with Crippen LogP contribution in [0.15, 0.2) is 5.16 Å². The van der Waals surface area contributed by atoms with Crippen molar-refractivity contribution in [3.05, 3.63) is 0 Å². The fraction of sp³-hybridized carbons (Fsp3) is 0.778. The van der Waals surface area contributed by atoms with E-state index in [0.717, 1.165) is 0 Å². The number of rotatable bonds is 8. The molecular formula is C9H19N3O3. The molecule has 0 aliphatic carbocycles. The first-order valence-electron chi connectivity index (χ1n) is 5.01. The smallest absolute Gasteiger partial charge is 0.222 e. The molecule has 15 heavy (non-hydrogen) atoms. The molecule has 0 atom stereocenters. The number of carbonyl (C=O) groups is 1. The summed E-state index contributed by atoms with van der Waals surface area (Å²) in [6, 6.07) is 0. The van der Waals surface area contributed by atoms with Crippen molar-refractivity contribution in [2.24, 2.45) is 10.9 Å². The van der Waals surface area contributed by atoms with Gasteiger partial charge in [0, 0.05) is 26.0 Å². The Bertz CT molecular complexity index is 207. The van der Waals surface area contributed by atoms with Crippen molar-refractivity contribution in [2.75, 3.05) is 19.8 Å². The molecule has 0 rings (SSSR count). The molecule has 0 aliphatic rings. The van der Waals surface area contributed by atoms with E-state index in [1.807, 2.05) is 6.92 Å². The number of nitrogens with zero attached hydrogens (tertiary/aromatic N) is 1. The van der Waals surface area contributed by atoms with Crippen molar-refractivity contribution in [2.45, 2.75) is 26.2 Å². The molecule has 0 aromatic rings. The zero-order valence-corrected chi connectivity index (χ0v) is 9.03. The summed E-state index contributed by atoms with van der Waals surface area (Å²) in [5.41, 5.74) is 5.26. The first kappa shape index (κ1) is 13.7. The van der Waals surface area contributed by atoms with Gasteiger partial charge in [0.25, 0.3) is 0 Å². The molecule has 4 N–H and O–H groups in total. The van der Waals surface area contributed by atoms with Crippen LogP contribution in [0.4, 0.5) is 0 Å². The molecule has 0 fully saturated rings. The van der Waals surface area contributed by atoms with Crippen LogP contribution >= 0.6 is 0 Å². The first-order chi connectivity index (χ1) is 7.20. The van der Waals surface area contributed by atoms with Crippen molar-refractivity contribution in [1.29, 1.82) is 0 Å². The van der Waals surface area contributed by atoms with Gasteiger partial charge >= 0.3 is 0 Å². The highest BCUT2D eigenvalue weighted by Gasteiger charge is 2.00. The van der Waals surface area contributed by atoms with Crippen LogP contribution in [0, 0.1) is 0 Å². The van der Waals surface area contributed by atoms with Gasteiger partial charge in [-0.2, -0.15) is 0 Å². The van der Waals surface area contributed by atoms with Crippen LogP contribution in [0.3, 0.4) is 0 Å². The molecule has 0 bridgehead atoms. The summed E-state index contributed by atoms with van der Waals surface area (Å²) < 4.78 is 5.03. The molecule has 0 saturated heterocycles. The normalized spacial score (nSPS) is 11.4. The predicted molar refractivity (Wildman–Crippen MR) is 56.8 cm³/mol. The number of nitrogens with two attached hydrogens (primary N) is 1. The monoisotopic (exact) mass is 217 g/mol. The Morgan fingerprint density at radius 1 is 1.53 bits per heavy atom. The van der Waals surface area contributed by atoms with Crippen LogP contribution in [0.2, 0.25) is 0 Å². The third-order valence-corrected chi connectivity index (χ3v) is 1.74. The van der Waals surface area contributed by atoms with Gasteiger partial charge in [-0.25, -0.2) is 0 Å². The predicted octanol–water partition coefficient (Wildman–Crippen LogP) is 0.0558. The molecule has 0 unspecified atom stereocenters. The fourth-order valence-electron chi connectivity index (χ4n) is 0.945. The molecule has 0 aromatic heterocycles. The molecule has 1 amide bonds. The number of hydrogen-bond donors (Lipinski definition) is 3. The van der Waals surface area contributed by atoms with E-state index in [-0.39, 0.29) is 11.7 Å². The number of oxime groups is 1. The van der Waals surface area contributed by atoms with Crippen molar-refractivity contribution >= 4 is 11.7 Å². The Hall–Kier alpha value is -1.30. The molecule has 0 aliphatic heterocycles. The van der Waals surface area contributed by atoms with Gasteiger partial charge < -0.3 is 21.0 Å². The Morgan fingerprint density at radius 3 is 2.87 bits per heavy atom. The Labute approximate surface area is 89.5 Å². The molecular weight excluding hydrogens is 198 g/mol. The molecule has 0 spiro atoms. The number of carbonyl (C=O) groups excluding carboxylic acids is 1. The van der Waals surface area contributed by atoms with Gasteiger partial charge in [-0.1, -0.05) is 5.16 Å². The second-order valence-corrected chi connectivity index (χ2v) is 2.99. The van der Waals surface area contributed by atoms with E-state index >= 15 is 0 Å². The minimum Gasteiger partial charge on any atom is -0.409 e. The Balaban J connectivity index is 3.31. The van der Waals surface area contributed by atoms with Gasteiger partial charge in [0.05, 0.1) is 6.61 Å². The van der Waals surface area contributed by atoms with Crippen LogP contribution < -0.4 is 11.1 Å². The largest absolute Gasteiger partial charge is 0.409 e. The molecule has 0 radical (unpaired) electrons. The highest BCUT2D eigenvalue weighted by Crippen LogP contribution is 1.88. The van der Waals surface area contributed by atoms with Crippen LogP contribution in [0.5, 0.6) is 0 Å². The second kappa shape index (κ2) is 9.26. The van der Waals surface area contributed by atoms with E-state index in [2.05, 4.69) is 10.5 Å². The van der Waals surface area contributed by atoms with Crippen LogP contribution in [0.1, 0.15) is 26.2 Å². The van der Waals surface area contributed by atoms with E-state index in [4.69, 9.17) is 15.7 Å². The van der Waals surface area contributed by atoms with Gasteiger partial charge in [-0.05, 0) is 13.3 Å². The quantitative estimate of drug-likeness (QED) is 0.176. The second-order valence-electron chi connectivity index (χ2n) is 2.99.